The van der Waals surface area contributed by atoms with Crippen LogP contribution in [0.3, 0.4) is 0 Å². The number of hydrogen-bond acceptors (Lipinski definition) is 3. The largest absolute Gasteiger partial charge is 0.491 e. The van der Waals surface area contributed by atoms with E-state index in [4.69, 9.17) is 4.74 Å². The molecule has 2 amide bonds. The lowest BCUT2D eigenvalue weighted by molar-refractivity contribution is -0.116. The molecule has 26 heavy (non-hydrogen) atoms. The van der Waals surface area contributed by atoms with Crippen molar-refractivity contribution in [2.45, 2.75) is 26.9 Å². The van der Waals surface area contributed by atoms with Crippen LogP contribution in [0, 0.1) is 5.82 Å². The number of halogens is 1. The van der Waals surface area contributed by atoms with E-state index in [2.05, 4.69) is 5.32 Å². The second-order valence-electron chi connectivity index (χ2n) is 6.10. The number of nitrogens with one attached hydrogen (secondary N) is 1. The number of hydrogen-bond donors (Lipinski definition) is 1. The molecule has 1 N–H and O–H groups in total. The molecule has 5 nitrogen and oxygen atoms in total. The summed E-state index contributed by atoms with van der Waals surface area (Å²) >= 11 is 0. The molecule has 0 aliphatic rings. The van der Waals surface area contributed by atoms with Crippen molar-refractivity contribution >= 4 is 17.5 Å². The zero-order chi connectivity index (χ0) is 19.1. The van der Waals surface area contributed by atoms with Crippen molar-refractivity contribution in [3.05, 3.63) is 59.9 Å². The molecular weight excluding hydrogens is 335 g/mol. The maximum Gasteiger partial charge on any atom is 0.251 e. The second-order valence-corrected chi connectivity index (χ2v) is 6.10. The maximum absolute atomic E-state index is 13.2. The maximum atomic E-state index is 13.2. The summed E-state index contributed by atoms with van der Waals surface area (Å²) in [5.41, 5.74) is 0.961. The normalized spacial score (nSPS) is 10.5. The van der Waals surface area contributed by atoms with Crippen LogP contribution in [0.25, 0.3) is 0 Å². The van der Waals surface area contributed by atoms with Gasteiger partial charge in [0.05, 0.1) is 6.10 Å². The molecule has 2 rings (SSSR count). The van der Waals surface area contributed by atoms with Crippen molar-refractivity contribution in [1.82, 2.24) is 5.32 Å². The van der Waals surface area contributed by atoms with E-state index in [1.54, 1.807) is 29.2 Å². The molecule has 2 aromatic carbocycles. The molecule has 0 unspecified atom stereocenters. The number of ether oxygens (including phenoxy) is 1. The number of carbonyl (C=O) groups excluding carboxylic acids is 2. The van der Waals surface area contributed by atoms with Crippen LogP contribution in [-0.2, 0) is 4.79 Å². The summed E-state index contributed by atoms with van der Waals surface area (Å²) in [6, 6.07) is 12.7. The molecule has 138 valence electrons. The average Bonchev–Trinajstić information content (AvgIpc) is 2.58. The Bertz CT molecular complexity index is 760. The Kier molecular flexibility index (Phi) is 6.72. The van der Waals surface area contributed by atoms with Gasteiger partial charge >= 0.3 is 0 Å². The van der Waals surface area contributed by atoms with Gasteiger partial charge in [0.1, 0.15) is 11.6 Å². The highest BCUT2D eigenvalue weighted by Crippen LogP contribution is 2.20. The van der Waals surface area contributed by atoms with Crippen molar-refractivity contribution in [2.24, 2.45) is 0 Å². The van der Waals surface area contributed by atoms with Gasteiger partial charge in [-0.05, 0) is 56.3 Å². The SMILES string of the molecule is CC(=O)N(CCNC(=O)c1cccc(F)c1)c1ccc(OC(C)C)cc1. The van der Waals surface area contributed by atoms with Crippen LogP contribution < -0.4 is 15.0 Å². The van der Waals surface area contributed by atoms with Crippen LogP contribution in [0.1, 0.15) is 31.1 Å². The second kappa shape index (κ2) is 8.99. The van der Waals surface area contributed by atoms with E-state index in [0.29, 0.717) is 12.2 Å². The first kappa shape index (κ1) is 19.4. The van der Waals surface area contributed by atoms with Crippen molar-refractivity contribution in [1.29, 1.82) is 0 Å². The summed E-state index contributed by atoms with van der Waals surface area (Å²) in [5, 5.41) is 2.69. The van der Waals surface area contributed by atoms with Gasteiger partial charge in [-0.25, -0.2) is 4.39 Å². The lowest BCUT2D eigenvalue weighted by atomic mass is 10.2. The Labute approximate surface area is 152 Å². The predicted molar refractivity (Wildman–Crippen MR) is 99.0 cm³/mol. The first-order chi connectivity index (χ1) is 12.4. The first-order valence-corrected chi connectivity index (χ1v) is 8.45. The summed E-state index contributed by atoms with van der Waals surface area (Å²) in [4.78, 5) is 25.5. The van der Waals surface area contributed by atoms with Crippen LogP contribution in [0.4, 0.5) is 10.1 Å². The molecule has 6 heteroatoms. The number of amides is 2. The summed E-state index contributed by atoms with van der Waals surface area (Å²) in [6.07, 6.45) is 0.0720. The molecule has 0 radical (unpaired) electrons. The van der Waals surface area contributed by atoms with Crippen LogP contribution in [0.5, 0.6) is 5.75 Å². The highest BCUT2D eigenvalue weighted by atomic mass is 19.1. The first-order valence-electron chi connectivity index (χ1n) is 8.45. The van der Waals surface area contributed by atoms with E-state index in [0.717, 1.165) is 5.75 Å². The van der Waals surface area contributed by atoms with Crippen LogP contribution in [0.2, 0.25) is 0 Å². The monoisotopic (exact) mass is 358 g/mol. The van der Waals surface area contributed by atoms with Gasteiger partial charge in [-0.1, -0.05) is 6.07 Å². The van der Waals surface area contributed by atoms with E-state index in [-0.39, 0.29) is 30.0 Å². The van der Waals surface area contributed by atoms with Gasteiger partial charge in [0.2, 0.25) is 5.91 Å². The minimum Gasteiger partial charge on any atom is -0.491 e. The van der Waals surface area contributed by atoms with Gasteiger partial charge in [0.25, 0.3) is 5.91 Å². The van der Waals surface area contributed by atoms with Crippen molar-refractivity contribution in [2.75, 3.05) is 18.0 Å². The molecule has 0 saturated carbocycles. The molecule has 0 heterocycles. The smallest absolute Gasteiger partial charge is 0.251 e. The van der Waals surface area contributed by atoms with E-state index in [1.165, 1.54) is 31.2 Å². The number of rotatable bonds is 7. The minimum absolute atomic E-state index is 0.0720. The van der Waals surface area contributed by atoms with E-state index < -0.39 is 5.82 Å². The van der Waals surface area contributed by atoms with Gasteiger partial charge in [-0.3, -0.25) is 9.59 Å². The lowest BCUT2D eigenvalue weighted by Gasteiger charge is -2.22. The zero-order valence-corrected chi connectivity index (χ0v) is 15.2. The number of benzene rings is 2. The third kappa shape index (κ3) is 5.58. The Morgan fingerprint density at radius 3 is 2.42 bits per heavy atom. The highest BCUT2D eigenvalue weighted by Gasteiger charge is 2.13. The zero-order valence-electron chi connectivity index (χ0n) is 15.2. The fourth-order valence-corrected chi connectivity index (χ4v) is 2.46. The molecule has 0 saturated heterocycles. The van der Waals surface area contributed by atoms with Crippen LogP contribution in [-0.4, -0.2) is 31.0 Å². The minimum atomic E-state index is -0.466. The average molecular weight is 358 g/mol. The van der Waals surface area contributed by atoms with Gasteiger partial charge in [-0.15, -0.1) is 0 Å². The Balaban J connectivity index is 1.96. The standard InChI is InChI=1S/C20H23FN2O3/c1-14(2)26-19-9-7-18(8-10-19)23(15(3)24)12-11-22-20(25)16-5-4-6-17(21)13-16/h4-10,13-14H,11-12H2,1-3H3,(H,22,25). The van der Waals surface area contributed by atoms with E-state index in [1.807, 2.05) is 13.8 Å². The summed E-state index contributed by atoms with van der Waals surface area (Å²) in [7, 11) is 0. The highest BCUT2D eigenvalue weighted by molar-refractivity contribution is 5.94. The molecule has 0 fully saturated rings. The van der Waals surface area contributed by atoms with Crippen molar-refractivity contribution in [3.8, 4) is 5.75 Å². The van der Waals surface area contributed by atoms with Crippen molar-refractivity contribution < 1.29 is 18.7 Å². The van der Waals surface area contributed by atoms with Crippen LogP contribution >= 0.6 is 0 Å². The van der Waals surface area contributed by atoms with Crippen molar-refractivity contribution in [3.63, 3.8) is 0 Å². The Morgan fingerprint density at radius 2 is 1.85 bits per heavy atom. The molecule has 2 aromatic rings. The summed E-state index contributed by atoms with van der Waals surface area (Å²) in [5.74, 6) is -0.255. The predicted octanol–water partition coefficient (Wildman–Crippen LogP) is 3.40. The Morgan fingerprint density at radius 1 is 1.15 bits per heavy atom. The molecule has 0 spiro atoms. The van der Waals surface area contributed by atoms with E-state index in [9.17, 15) is 14.0 Å². The lowest BCUT2D eigenvalue weighted by Crippen LogP contribution is -2.37. The third-order valence-electron chi connectivity index (χ3n) is 3.61. The topological polar surface area (TPSA) is 58.6 Å². The number of nitrogens with zero attached hydrogens (tertiary/aromatic N) is 1. The summed E-state index contributed by atoms with van der Waals surface area (Å²) in [6.45, 7) is 5.90. The fourth-order valence-electron chi connectivity index (χ4n) is 2.46. The number of carbonyl (C=O) groups is 2. The molecule has 0 bridgehead atoms. The van der Waals surface area contributed by atoms with Gasteiger partial charge in [0.15, 0.2) is 0 Å². The summed E-state index contributed by atoms with van der Waals surface area (Å²) < 4.78 is 18.8. The van der Waals surface area contributed by atoms with Gasteiger partial charge in [-0.2, -0.15) is 0 Å². The third-order valence-corrected chi connectivity index (χ3v) is 3.61. The quantitative estimate of drug-likeness (QED) is 0.825. The molecule has 0 aliphatic heterocycles. The molecule has 0 aromatic heterocycles. The Hall–Kier alpha value is -2.89. The van der Waals surface area contributed by atoms with Gasteiger partial charge in [0, 0.05) is 31.3 Å². The molecule has 0 atom stereocenters. The fraction of sp³-hybridized carbons (Fsp3) is 0.300. The molecular formula is C20H23FN2O3. The van der Waals surface area contributed by atoms with Gasteiger partial charge < -0.3 is 15.0 Å². The van der Waals surface area contributed by atoms with E-state index >= 15 is 0 Å². The molecule has 0 aliphatic carbocycles. The number of anilines is 1. The van der Waals surface area contributed by atoms with Crippen LogP contribution in [0.15, 0.2) is 48.5 Å².